The fourth-order valence-electron chi connectivity index (χ4n) is 3.54. The Morgan fingerprint density at radius 1 is 1.30 bits per heavy atom. The van der Waals surface area contributed by atoms with Gasteiger partial charge in [-0.05, 0) is 50.3 Å². The summed E-state index contributed by atoms with van der Waals surface area (Å²) >= 11 is 1.64. The van der Waals surface area contributed by atoms with E-state index >= 15 is 0 Å². The van der Waals surface area contributed by atoms with Crippen LogP contribution in [0, 0.1) is 6.92 Å². The fourth-order valence-corrected chi connectivity index (χ4v) is 4.76. The number of rotatable bonds is 5. The topological polar surface area (TPSA) is 76.9 Å². The smallest absolute Gasteiger partial charge is 0.262 e. The van der Waals surface area contributed by atoms with E-state index in [-0.39, 0.29) is 17.9 Å². The van der Waals surface area contributed by atoms with Crippen LogP contribution in [0.2, 0.25) is 0 Å². The summed E-state index contributed by atoms with van der Waals surface area (Å²) in [6.07, 6.45) is 6.13. The lowest BCUT2D eigenvalue weighted by Crippen LogP contribution is -2.27. The van der Waals surface area contributed by atoms with Crippen LogP contribution >= 0.6 is 11.3 Å². The van der Waals surface area contributed by atoms with Crippen molar-refractivity contribution >= 4 is 27.5 Å². The van der Waals surface area contributed by atoms with Gasteiger partial charge in [-0.1, -0.05) is 6.07 Å². The monoisotopic (exact) mass is 382 g/mol. The van der Waals surface area contributed by atoms with E-state index in [1.54, 1.807) is 22.2 Å². The van der Waals surface area contributed by atoms with Gasteiger partial charge in [-0.2, -0.15) is 0 Å². The Bertz CT molecular complexity index is 1050. The maximum Gasteiger partial charge on any atom is 0.262 e. The zero-order chi connectivity index (χ0) is 18.8. The third-order valence-corrected chi connectivity index (χ3v) is 6.13. The Hall–Kier alpha value is -2.54. The number of hydrogen-bond acceptors (Lipinski definition) is 5. The normalized spacial score (nSPS) is 13.5. The van der Waals surface area contributed by atoms with E-state index in [0.29, 0.717) is 13.1 Å². The van der Waals surface area contributed by atoms with Crippen LogP contribution in [-0.2, 0) is 30.7 Å². The molecular formula is C20H22N4O2S. The number of thiophene rings is 1. The van der Waals surface area contributed by atoms with Gasteiger partial charge in [-0.25, -0.2) is 4.98 Å². The highest BCUT2D eigenvalue weighted by Crippen LogP contribution is 2.33. The second-order valence-electron chi connectivity index (χ2n) is 6.93. The second-order valence-corrected chi connectivity index (χ2v) is 8.01. The molecule has 3 heterocycles. The van der Waals surface area contributed by atoms with E-state index < -0.39 is 0 Å². The third-order valence-electron chi connectivity index (χ3n) is 4.93. The Morgan fingerprint density at radius 3 is 3.00 bits per heavy atom. The largest absolute Gasteiger partial charge is 0.350 e. The molecular weight excluding hydrogens is 360 g/mol. The van der Waals surface area contributed by atoms with Crippen molar-refractivity contribution in [3.05, 3.63) is 56.7 Å². The standard InChI is InChI=1S/C20H22N4O2S/c1-13-5-4-6-14(23-13)11-21-17(25)9-10-24-12-22-19-18(20(24)26)15-7-2-3-8-16(15)27-19/h4-6,12H,2-3,7-11H2,1H3,(H,21,25). The first kappa shape index (κ1) is 17.9. The van der Waals surface area contributed by atoms with Crippen molar-refractivity contribution in [3.8, 4) is 0 Å². The summed E-state index contributed by atoms with van der Waals surface area (Å²) in [4.78, 5) is 36.0. The van der Waals surface area contributed by atoms with Crippen molar-refractivity contribution in [2.75, 3.05) is 0 Å². The summed E-state index contributed by atoms with van der Waals surface area (Å²) in [5, 5.41) is 3.63. The maximum absolute atomic E-state index is 12.9. The lowest BCUT2D eigenvalue weighted by molar-refractivity contribution is -0.121. The summed E-state index contributed by atoms with van der Waals surface area (Å²) in [6.45, 7) is 2.65. The Labute approximate surface area is 161 Å². The molecule has 0 fully saturated rings. The third kappa shape index (κ3) is 3.78. The van der Waals surface area contributed by atoms with Crippen LogP contribution in [0.25, 0.3) is 10.2 Å². The minimum Gasteiger partial charge on any atom is -0.350 e. The van der Waals surface area contributed by atoms with E-state index in [1.165, 1.54) is 16.9 Å². The number of nitrogens with one attached hydrogen (secondary N) is 1. The number of carbonyl (C=O) groups is 1. The highest BCUT2D eigenvalue weighted by molar-refractivity contribution is 7.18. The summed E-state index contributed by atoms with van der Waals surface area (Å²) in [6, 6.07) is 5.73. The van der Waals surface area contributed by atoms with Crippen LogP contribution in [0.3, 0.4) is 0 Å². The van der Waals surface area contributed by atoms with Gasteiger partial charge in [0.05, 0.1) is 24.0 Å². The number of aromatic nitrogens is 3. The Kier molecular flexibility index (Phi) is 5.03. The highest BCUT2D eigenvalue weighted by atomic mass is 32.1. The van der Waals surface area contributed by atoms with Gasteiger partial charge < -0.3 is 5.32 Å². The van der Waals surface area contributed by atoms with Crippen molar-refractivity contribution in [1.29, 1.82) is 0 Å². The molecule has 3 aromatic rings. The van der Waals surface area contributed by atoms with Gasteiger partial charge in [-0.15, -0.1) is 11.3 Å². The van der Waals surface area contributed by atoms with Gasteiger partial charge in [0.15, 0.2) is 0 Å². The number of pyridine rings is 1. The van der Waals surface area contributed by atoms with E-state index in [9.17, 15) is 9.59 Å². The number of nitrogens with zero attached hydrogens (tertiary/aromatic N) is 3. The predicted octanol–water partition coefficient (Wildman–Crippen LogP) is 2.75. The van der Waals surface area contributed by atoms with Gasteiger partial charge in [0.2, 0.25) is 5.91 Å². The molecule has 0 spiro atoms. The molecule has 4 rings (SSSR count). The first-order chi connectivity index (χ1) is 13.1. The number of hydrogen-bond donors (Lipinski definition) is 1. The van der Waals surface area contributed by atoms with Gasteiger partial charge in [0.1, 0.15) is 4.83 Å². The van der Waals surface area contributed by atoms with Crippen LogP contribution in [0.5, 0.6) is 0 Å². The first-order valence-corrected chi connectivity index (χ1v) is 10.1. The minimum absolute atomic E-state index is 0.0208. The van der Waals surface area contributed by atoms with E-state index in [2.05, 4.69) is 15.3 Å². The molecule has 7 heteroatoms. The molecule has 0 radical (unpaired) electrons. The van der Waals surface area contributed by atoms with Crippen LogP contribution in [0.15, 0.2) is 29.3 Å². The fraction of sp³-hybridized carbons (Fsp3) is 0.400. The second kappa shape index (κ2) is 7.60. The molecule has 0 atom stereocenters. The van der Waals surface area contributed by atoms with Gasteiger partial charge in [0, 0.05) is 23.5 Å². The van der Waals surface area contributed by atoms with Crippen molar-refractivity contribution in [1.82, 2.24) is 19.9 Å². The molecule has 1 amide bonds. The number of fused-ring (bicyclic) bond motifs is 3. The van der Waals surface area contributed by atoms with Crippen LogP contribution < -0.4 is 10.9 Å². The SMILES string of the molecule is Cc1cccc(CNC(=O)CCn2cnc3sc4c(c3c2=O)CCCC4)n1. The minimum atomic E-state index is -0.0994. The molecule has 1 aliphatic rings. The molecule has 3 aromatic heterocycles. The van der Waals surface area contributed by atoms with E-state index in [4.69, 9.17) is 0 Å². The molecule has 1 aliphatic carbocycles. The van der Waals surface area contributed by atoms with Crippen molar-refractivity contribution in [2.24, 2.45) is 0 Å². The molecule has 6 nitrogen and oxygen atoms in total. The van der Waals surface area contributed by atoms with Gasteiger partial charge >= 0.3 is 0 Å². The molecule has 0 bridgehead atoms. The van der Waals surface area contributed by atoms with Gasteiger partial charge in [0.25, 0.3) is 5.56 Å². The van der Waals surface area contributed by atoms with Crippen molar-refractivity contribution in [3.63, 3.8) is 0 Å². The zero-order valence-electron chi connectivity index (χ0n) is 15.3. The Balaban J connectivity index is 1.43. The van der Waals surface area contributed by atoms with E-state index in [1.807, 2.05) is 25.1 Å². The quantitative estimate of drug-likeness (QED) is 0.736. The zero-order valence-corrected chi connectivity index (χ0v) is 16.1. The number of amides is 1. The summed E-state index contributed by atoms with van der Waals surface area (Å²) in [5.74, 6) is -0.0994. The average Bonchev–Trinajstić information content (AvgIpc) is 3.05. The van der Waals surface area contributed by atoms with Crippen molar-refractivity contribution < 1.29 is 4.79 Å². The Morgan fingerprint density at radius 2 is 2.15 bits per heavy atom. The predicted molar refractivity (Wildman–Crippen MR) is 106 cm³/mol. The maximum atomic E-state index is 12.9. The van der Waals surface area contributed by atoms with Gasteiger partial charge in [-0.3, -0.25) is 19.1 Å². The summed E-state index contributed by atoms with van der Waals surface area (Å²) in [7, 11) is 0. The summed E-state index contributed by atoms with van der Waals surface area (Å²) < 4.78 is 1.56. The molecule has 140 valence electrons. The lowest BCUT2D eigenvalue weighted by atomic mass is 9.97. The molecule has 0 aromatic carbocycles. The average molecular weight is 382 g/mol. The number of carbonyl (C=O) groups excluding carboxylic acids is 1. The molecule has 0 aliphatic heterocycles. The lowest BCUT2D eigenvalue weighted by Gasteiger charge is -2.10. The van der Waals surface area contributed by atoms with Crippen LogP contribution in [0.1, 0.15) is 41.1 Å². The van der Waals surface area contributed by atoms with Crippen LogP contribution in [-0.4, -0.2) is 20.4 Å². The first-order valence-electron chi connectivity index (χ1n) is 9.31. The van der Waals surface area contributed by atoms with Crippen LogP contribution in [0.4, 0.5) is 0 Å². The molecule has 0 saturated carbocycles. The molecule has 0 saturated heterocycles. The number of aryl methyl sites for hydroxylation is 4. The summed E-state index contributed by atoms with van der Waals surface area (Å²) in [5.41, 5.74) is 2.91. The van der Waals surface area contributed by atoms with E-state index in [0.717, 1.165) is 40.9 Å². The highest BCUT2D eigenvalue weighted by Gasteiger charge is 2.20. The van der Waals surface area contributed by atoms with Crippen molar-refractivity contribution in [2.45, 2.75) is 52.1 Å². The molecule has 1 N–H and O–H groups in total. The molecule has 27 heavy (non-hydrogen) atoms. The molecule has 0 unspecified atom stereocenters.